The number of benzene rings is 1. The maximum atomic E-state index is 12.8. The zero-order chi connectivity index (χ0) is 18.0. The van der Waals surface area contributed by atoms with Crippen molar-refractivity contribution in [2.24, 2.45) is 0 Å². The molecule has 1 aromatic carbocycles. The number of piperidine rings is 1. The first kappa shape index (κ1) is 17.9. The van der Waals surface area contributed by atoms with Crippen molar-refractivity contribution in [3.63, 3.8) is 0 Å². The molecule has 2 aromatic rings. The van der Waals surface area contributed by atoms with Crippen molar-refractivity contribution in [2.75, 3.05) is 25.9 Å². The minimum Gasteiger partial charge on any atom is -0.399 e. The molecule has 1 aliphatic heterocycles. The summed E-state index contributed by atoms with van der Waals surface area (Å²) < 4.78 is 27.1. The van der Waals surface area contributed by atoms with Gasteiger partial charge < -0.3 is 10.7 Å². The lowest BCUT2D eigenvalue weighted by molar-refractivity contribution is 0.162. The Balaban J connectivity index is 1.60. The molecule has 1 fully saturated rings. The Morgan fingerprint density at radius 1 is 1.28 bits per heavy atom. The number of nitrogens with two attached hydrogens (primary N) is 1. The molecule has 136 valence electrons. The summed E-state index contributed by atoms with van der Waals surface area (Å²) in [6.45, 7) is 4.49. The Kier molecular flexibility index (Phi) is 5.12. The quantitative estimate of drug-likeness (QED) is 0.787. The van der Waals surface area contributed by atoms with Gasteiger partial charge >= 0.3 is 0 Å². The molecule has 0 aliphatic carbocycles. The molecule has 0 saturated carbocycles. The average Bonchev–Trinajstić information content (AvgIpc) is 3.00. The van der Waals surface area contributed by atoms with Gasteiger partial charge in [0.2, 0.25) is 10.0 Å². The molecule has 0 spiro atoms. The second-order valence-electron chi connectivity index (χ2n) is 6.59. The van der Waals surface area contributed by atoms with E-state index in [0.717, 1.165) is 44.0 Å². The summed E-state index contributed by atoms with van der Waals surface area (Å²) in [5.74, 6) is 0.916. The fourth-order valence-electron chi connectivity index (χ4n) is 3.24. The van der Waals surface area contributed by atoms with E-state index in [1.54, 1.807) is 31.3 Å². The van der Waals surface area contributed by atoms with Crippen LogP contribution < -0.4 is 5.73 Å². The summed E-state index contributed by atoms with van der Waals surface area (Å²) in [5.41, 5.74) is 7.30. The van der Waals surface area contributed by atoms with Crippen LogP contribution in [0.4, 0.5) is 5.69 Å². The SMILES string of the molecule is Cc1ncc(CN2CCC(N(C)S(=O)(=O)c3ccc(N)cc3)CC2)[nH]1. The second kappa shape index (κ2) is 7.15. The van der Waals surface area contributed by atoms with Crippen molar-refractivity contribution in [1.29, 1.82) is 0 Å². The molecule has 0 atom stereocenters. The van der Waals surface area contributed by atoms with Gasteiger partial charge in [0.25, 0.3) is 0 Å². The van der Waals surface area contributed by atoms with Crippen molar-refractivity contribution in [3.8, 4) is 0 Å². The van der Waals surface area contributed by atoms with Crippen molar-refractivity contribution in [2.45, 2.75) is 37.2 Å². The summed E-state index contributed by atoms with van der Waals surface area (Å²) in [6, 6.07) is 6.39. The minimum absolute atomic E-state index is 0.0160. The normalized spacial score (nSPS) is 17.2. The van der Waals surface area contributed by atoms with Gasteiger partial charge in [-0.05, 0) is 44.0 Å². The third-order valence-corrected chi connectivity index (χ3v) is 6.70. The van der Waals surface area contributed by atoms with Crippen LogP contribution in [0.1, 0.15) is 24.4 Å². The summed E-state index contributed by atoms with van der Waals surface area (Å²) in [5, 5.41) is 0. The van der Waals surface area contributed by atoms with Gasteiger partial charge in [-0.1, -0.05) is 0 Å². The monoisotopic (exact) mass is 363 g/mol. The fraction of sp³-hybridized carbons (Fsp3) is 0.471. The molecule has 25 heavy (non-hydrogen) atoms. The number of aromatic nitrogens is 2. The van der Waals surface area contributed by atoms with E-state index >= 15 is 0 Å². The van der Waals surface area contributed by atoms with Crippen LogP contribution >= 0.6 is 0 Å². The number of sulfonamides is 1. The largest absolute Gasteiger partial charge is 0.399 e. The number of nitrogen functional groups attached to an aromatic ring is 1. The van der Waals surface area contributed by atoms with E-state index in [4.69, 9.17) is 5.73 Å². The van der Waals surface area contributed by atoms with Gasteiger partial charge in [-0.2, -0.15) is 4.31 Å². The minimum atomic E-state index is -3.49. The lowest BCUT2D eigenvalue weighted by Gasteiger charge is -2.35. The summed E-state index contributed by atoms with van der Waals surface area (Å²) in [6.07, 6.45) is 3.49. The van der Waals surface area contributed by atoms with E-state index < -0.39 is 10.0 Å². The maximum Gasteiger partial charge on any atom is 0.243 e. The number of likely N-dealkylation sites (tertiary alicyclic amines) is 1. The van der Waals surface area contributed by atoms with Crippen LogP contribution in [-0.2, 0) is 16.6 Å². The molecule has 2 heterocycles. The van der Waals surface area contributed by atoms with Crippen molar-refractivity contribution < 1.29 is 8.42 Å². The highest BCUT2D eigenvalue weighted by atomic mass is 32.2. The molecule has 0 radical (unpaired) electrons. The van der Waals surface area contributed by atoms with E-state index in [9.17, 15) is 8.42 Å². The number of H-pyrrole nitrogens is 1. The van der Waals surface area contributed by atoms with E-state index in [0.29, 0.717) is 10.6 Å². The molecule has 3 N–H and O–H groups in total. The van der Waals surface area contributed by atoms with Gasteiger partial charge in [-0.25, -0.2) is 13.4 Å². The van der Waals surface area contributed by atoms with Crippen LogP contribution in [0, 0.1) is 6.92 Å². The number of rotatable bonds is 5. The molecule has 1 saturated heterocycles. The molecular formula is C17H25N5O2S. The number of nitrogens with one attached hydrogen (secondary N) is 1. The predicted octanol–water partition coefficient (Wildman–Crippen LogP) is 1.59. The highest BCUT2D eigenvalue weighted by molar-refractivity contribution is 7.89. The number of aromatic amines is 1. The van der Waals surface area contributed by atoms with Crippen molar-refractivity contribution >= 4 is 15.7 Å². The first-order valence-electron chi connectivity index (χ1n) is 8.42. The summed E-state index contributed by atoms with van der Waals surface area (Å²) in [4.78, 5) is 10.1. The van der Waals surface area contributed by atoms with Crippen LogP contribution in [0.5, 0.6) is 0 Å². The summed E-state index contributed by atoms with van der Waals surface area (Å²) >= 11 is 0. The van der Waals surface area contributed by atoms with Crippen LogP contribution in [0.3, 0.4) is 0 Å². The van der Waals surface area contributed by atoms with E-state index in [1.165, 1.54) is 4.31 Å². The number of aryl methyl sites for hydroxylation is 1. The second-order valence-corrected chi connectivity index (χ2v) is 8.59. The fourth-order valence-corrected chi connectivity index (χ4v) is 4.65. The third-order valence-electron chi connectivity index (χ3n) is 4.78. The van der Waals surface area contributed by atoms with Crippen molar-refractivity contribution in [3.05, 3.63) is 42.0 Å². The number of nitrogens with zero attached hydrogens (tertiary/aromatic N) is 3. The Morgan fingerprint density at radius 3 is 2.48 bits per heavy atom. The van der Waals surface area contributed by atoms with Gasteiger partial charge in [-0.15, -0.1) is 0 Å². The summed E-state index contributed by atoms with van der Waals surface area (Å²) in [7, 11) is -1.81. The van der Waals surface area contributed by atoms with E-state index in [1.807, 2.05) is 13.1 Å². The lowest BCUT2D eigenvalue weighted by Crippen LogP contribution is -2.45. The number of hydrogen-bond acceptors (Lipinski definition) is 5. The molecule has 0 amide bonds. The van der Waals surface area contributed by atoms with Gasteiger partial charge in [0.05, 0.1) is 4.90 Å². The molecule has 7 nitrogen and oxygen atoms in total. The van der Waals surface area contributed by atoms with Gasteiger partial charge in [0.15, 0.2) is 0 Å². The zero-order valence-corrected chi connectivity index (χ0v) is 15.5. The molecule has 1 aliphatic rings. The van der Waals surface area contributed by atoms with Gasteiger partial charge in [-0.3, -0.25) is 4.90 Å². The Hall–Kier alpha value is -1.90. The number of imidazole rings is 1. The molecule has 1 aromatic heterocycles. The average molecular weight is 363 g/mol. The first-order valence-corrected chi connectivity index (χ1v) is 9.86. The third kappa shape index (κ3) is 4.02. The van der Waals surface area contributed by atoms with E-state index in [-0.39, 0.29) is 6.04 Å². The highest BCUT2D eigenvalue weighted by Crippen LogP contribution is 2.24. The van der Waals surface area contributed by atoms with Gasteiger partial charge in [0, 0.05) is 50.3 Å². The van der Waals surface area contributed by atoms with Crippen molar-refractivity contribution in [1.82, 2.24) is 19.2 Å². The molecule has 0 bridgehead atoms. The Bertz CT molecular complexity index is 808. The predicted molar refractivity (Wildman–Crippen MR) is 97.4 cm³/mol. The number of hydrogen-bond donors (Lipinski definition) is 2. The smallest absolute Gasteiger partial charge is 0.243 e. The Labute approximate surface area is 148 Å². The number of anilines is 1. The molecule has 0 unspecified atom stereocenters. The maximum absolute atomic E-state index is 12.8. The van der Waals surface area contributed by atoms with Gasteiger partial charge in [0.1, 0.15) is 5.82 Å². The zero-order valence-electron chi connectivity index (χ0n) is 14.6. The molecule has 3 rings (SSSR count). The highest BCUT2D eigenvalue weighted by Gasteiger charge is 2.30. The topological polar surface area (TPSA) is 95.3 Å². The standard InChI is InChI=1S/C17H25N5O2S/c1-13-19-11-15(20-13)12-22-9-7-16(8-10-22)21(2)25(23,24)17-5-3-14(18)4-6-17/h3-6,11,16H,7-10,12,18H2,1-2H3,(H,19,20). The first-order chi connectivity index (χ1) is 11.9. The Morgan fingerprint density at radius 2 is 1.92 bits per heavy atom. The van der Waals surface area contributed by atoms with E-state index in [2.05, 4.69) is 14.9 Å². The van der Waals surface area contributed by atoms with Crippen LogP contribution in [0.25, 0.3) is 0 Å². The van der Waals surface area contributed by atoms with Crippen LogP contribution in [-0.4, -0.2) is 53.8 Å². The molecular weight excluding hydrogens is 338 g/mol. The molecule has 8 heteroatoms. The lowest BCUT2D eigenvalue weighted by atomic mass is 10.1. The van der Waals surface area contributed by atoms with Crippen LogP contribution in [0.2, 0.25) is 0 Å². The van der Waals surface area contributed by atoms with Crippen LogP contribution in [0.15, 0.2) is 35.4 Å².